The number of amides is 1. The number of hydrogen-bond donors (Lipinski definition) is 2. The first-order valence-electron chi connectivity index (χ1n) is 5.84. The highest BCUT2D eigenvalue weighted by Crippen LogP contribution is 2.29. The van der Waals surface area contributed by atoms with Crippen molar-refractivity contribution in [3.63, 3.8) is 0 Å². The van der Waals surface area contributed by atoms with Gasteiger partial charge >= 0.3 is 6.36 Å². The van der Waals surface area contributed by atoms with Gasteiger partial charge in [-0.25, -0.2) is 0 Å². The molecule has 0 aliphatic carbocycles. The van der Waals surface area contributed by atoms with Crippen LogP contribution >= 0.6 is 0 Å². The van der Waals surface area contributed by atoms with Crippen molar-refractivity contribution >= 4 is 11.6 Å². The maximum Gasteiger partial charge on any atom is 0.573 e. The molecule has 1 amide bonds. The van der Waals surface area contributed by atoms with E-state index in [9.17, 15) is 18.0 Å². The summed E-state index contributed by atoms with van der Waals surface area (Å²) < 4.78 is 40.0. The highest BCUT2D eigenvalue weighted by atomic mass is 19.4. The van der Waals surface area contributed by atoms with Crippen LogP contribution in [-0.2, 0) is 0 Å². The van der Waals surface area contributed by atoms with Crippen LogP contribution in [0.1, 0.15) is 17.3 Å². The van der Waals surface area contributed by atoms with Gasteiger partial charge in [-0.15, -0.1) is 13.2 Å². The predicted octanol–water partition coefficient (Wildman–Crippen LogP) is 1.62. The van der Waals surface area contributed by atoms with Crippen molar-refractivity contribution in [2.24, 2.45) is 0 Å². The Morgan fingerprint density at radius 3 is 2.55 bits per heavy atom. The Labute approximate surface area is 113 Å². The van der Waals surface area contributed by atoms with Gasteiger partial charge in [0, 0.05) is 18.7 Å². The summed E-state index contributed by atoms with van der Waals surface area (Å²) in [5, 5.41) is 8.83. The lowest BCUT2D eigenvalue weighted by molar-refractivity contribution is -0.274. The molecule has 0 aliphatic rings. The van der Waals surface area contributed by atoms with Gasteiger partial charge in [0.1, 0.15) is 0 Å². The molecule has 0 unspecified atom stereocenters. The third-order valence-corrected chi connectivity index (χ3v) is 2.52. The lowest BCUT2D eigenvalue weighted by Crippen LogP contribution is -2.33. The fraction of sp³-hybridized carbons (Fsp3) is 0.417. The summed E-state index contributed by atoms with van der Waals surface area (Å²) in [6.07, 6.45) is -4.84. The summed E-state index contributed by atoms with van der Waals surface area (Å²) in [6.45, 7) is 2.01. The van der Waals surface area contributed by atoms with Crippen LogP contribution in [0.5, 0.6) is 5.75 Å². The van der Waals surface area contributed by atoms with Gasteiger partial charge in [-0.1, -0.05) is 0 Å². The van der Waals surface area contributed by atoms with Crippen molar-refractivity contribution in [1.82, 2.24) is 4.90 Å². The van der Waals surface area contributed by atoms with Crippen LogP contribution in [0.2, 0.25) is 0 Å². The first-order valence-corrected chi connectivity index (χ1v) is 5.84. The molecule has 1 rings (SSSR count). The van der Waals surface area contributed by atoms with Gasteiger partial charge in [0.05, 0.1) is 12.3 Å². The molecule has 0 fully saturated rings. The van der Waals surface area contributed by atoms with Crippen molar-refractivity contribution in [3.05, 3.63) is 23.8 Å². The standard InChI is InChI=1S/C12H15F3N2O3/c1-2-17(5-6-18)11(19)8-3-4-10(9(16)7-8)20-12(13,14)15/h3-4,7,18H,2,5-6,16H2,1H3. The molecule has 0 bridgehead atoms. The number of carbonyl (C=O) groups excluding carboxylic acids is 1. The number of halogens is 3. The van der Waals surface area contributed by atoms with Gasteiger partial charge in [-0.05, 0) is 25.1 Å². The van der Waals surface area contributed by atoms with Crippen LogP contribution < -0.4 is 10.5 Å². The Morgan fingerprint density at radius 2 is 2.10 bits per heavy atom. The van der Waals surface area contributed by atoms with E-state index in [0.717, 1.165) is 12.1 Å². The van der Waals surface area contributed by atoms with Crippen molar-refractivity contribution in [3.8, 4) is 5.75 Å². The van der Waals surface area contributed by atoms with Gasteiger partial charge in [-0.2, -0.15) is 0 Å². The van der Waals surface area contributed by atoms with Crippen LogP contribution in [-0.4, -0.2) is 42.0 Å². The summed E-state index contributed by atoms with van der Waals surface area (Å²) in [6, 6.07) is 3.30. The van der Waals surface area contributed by atoms with Crippen LogP contribution in [0.15, 0.2) is 18.2 Å². The van der Waals surface area contributed by atoms with Crippen LogP contribution in [0.3, 0.4) is 0 Å². The molecule has 0 aromatic heterocycles. The Bertz CT molecular complexity index is 478. The summed E-state index contributed by atoms with van der Waals surface area (Å²) >= 11 is 0. The molecule has 0 spiro atoms. The van der Waals surface area contributed by atoms with Crippen LogP contribution in [0.25, 0.3) is 0 Å². The fourth-order valence-electron chi connectivity index (χ4n) is 1.61. The largest absolute Gasteiger partial charge is 0.573 e. The molecule has 0 aliphatic heterocycles. The second-order valence-corrected chi connectivity index (χ2v) is 3.91. The second-order valence-electron chi connectivity index (χ2n) is 3.91. The highest BCUT2D eigenvalue weighted by Gasteiger charge is 2.32. The van der Waals surface area contributed by atoms with E-state index in [0.29, 0.717) is 6.54 Å². The van der Waals surface area contributed by atoms with Gasteiger partial charge in [0.15, 0.2) is 5.75 Å². The van der Waals surface area contributed by atoms with Crippen molar-refractivity contribution in [2.75, 3.05) is 25.4 Å². The molecule has 8 heteroatoms. The minimum Gasteiger partial charge on any atom is -0.404 e. The minimum absolute atomic E-state index is 0.132. The number of alkyl halides is 3. The number of aliphatic hydroxyl groups excluding tert-OH is 1. The number of nitrogen functional groups attached to an aromatic ring is 1. The number of likely N-dealkylation sites (N-methyl/N-ethyl adjacent to an activating group) is 1. The quantitative estimate of drug-likeness (QED) is 0.809. The zero-order valence-electron chi connectivity index (χ0n) is 10.8. The van der Waals surface area contributed by atoms with Gasteiger partial charge in [-0.3, -0.25) is 4.79 Å². The van der Waals surface area contributed by atoms with E-state index in [1.54, 1.807) is 6.92 Å². The Kier molecular flexibility index (Phi) is 5.20. The van der Waals surface area contributed by atoms with E-state index in [2.05, 4.69) is 4.74 Å². The molecule has 0 heterocycles. The topological polar surface area (TPSA) is 75.8 Å². The van der Waals surface area contributed by atoms with Crippen LogP contribution in [0, 0.1) is 0 Å². The van der Waals surface area contributed by atoms with E-state index in [1.807, 2.05) is 0 Å². The first-order chi connectivity index (χ1) is 9.28. The summed E-state index contributed by atoms with van der Waals surface area (Å²) in [5.74, 6) is -0.980. The van der Waals surface area contributed by atoms with Gasteiger partial charge in [0.25, 0.3) is 5.91 Å². The second kappa shape index (κ2) is 6.47. The normalized spacial score (nSPS) is 11.2. The molecule has 0 saturated heterocycles. The summed E-state index contributed by atoms with van der Waals surface area (Å²) in [7, 11) is 0. The number of nitrogens with zero attached hydrogens (tertiary/aromatic N) is 1. The molecule has 5 nitrogen and oxygen atoms in total. The molecule has 0 radical (unpaired) electrons. The molecule has 112 valence electrons. The van der Waals surface area contributed by atoms with Crippen molar-refractivity contribution in [2.45, 2.75) is 13.3 Å². The van der Waals surface area contributed by atoms with Gasteiger partial charge in [0.2, 0.25) is 0 Å². The minimum atomic E-state index is -4.84. The maximum atomic E-state index is 12.1. The fourth-order valence-corrected chi connectivity index (χ4v) is 1.61. The average Bonchev–Trinajstić information content (AvgIpc) is 2.36. The van der Waals surface area contributed by atoms with E-state index in [4.69, 9.17) is 10.8 Å². The number of benzene rings is 1. The van der Waals surface area contributed by atoms with Crippen molar-refractivity contribution < 1.29 is 27.8 Å². The number of nitrogens with two attached hydrogens (primary N) is 1. The lowest BCUT2D eigenvalue weighted by atomic mass is 10.1. The zero-order valence-corrected chi connectivity index (χ0v) is 10.8. The Morgan fingerprint density at radius 1 is 1.45 bits per heavy atom. The first kappa shape index (κ1) is 16.1. The zero-order chi connectivity index (χ0) is 15.3. The Balaban J connectivity index is 2.94. The molecule has 1 aromatic carbocycles. The molecule has 0 atom stereocenters. The number of anilines is 1. The smallest absolute Gasteiger partial charge is 0.404 e. The van der Waals surface area contributed by atoms with Gasteiger partial charge < -0.3 is 20.5 Å². The number of rotatable bonds is 5. The molecule has 20 heavy (non-hydrogen) atoms. The Hall–Kier alpha value is -1.96. The molecule has 3 N–H and O–H groups in total. The van der Waals surface area contributed by atoms with E-state index < -0.39 is 18.0 Å². The number of ether oxygens (including phenoxy) is 1. The third-order valence-electron chi connectivity index (χ3n) is 2.52. The summed E-state index contributed by atoms with van der Waals surface area (Å²) in [5.41, 5.74) is 5.28. The molecular formula is C12H15F3N2O3. The lowest BCUT2D eigenvalue weighted by Gasteiger charge is -2.20. The SMILES string of the molecule is CCN(CCO)C(=O)c1ccc(OC(F)(F)F)c(N)c1. The predicted molar refractivity (Wildman–Crippen MR) is 66.2 cm³/mol. The average molecular weight is 292 g/mol. The monoisotopic (exact) mass is 292 g/mol. The maximum absolute atomic E-state index is 12.1. The van der Waals surface area contributed by atoms with Crippen LogP contribution in [0.4, 0.5) is 18.9 Å². The van der Waals surface area contributed by atoms with E-state index >= 15 is 0 Å². The summed E-state index contributed by atoms with van der Waals surface area (Å²) in [4.78, 5) is 13.4. The molecular weight excluding hydrogens is 277 g/mol. The number of carbonyl (C=O) groups is 1. The van der Waals surface area contributed by atoms with E-state index in [1.165, 1.54) is 11.0 Å². The van der Waals surface area contributed by atoms with E-state index in [-0.39, 0.29) is 24.4 Å². The third kappa shape index (κ3) is 4.30. The highest BCUT2D eigenvalue weighted by molar-refractivity contribution is 5.95. The molecule has 1 aromatic rings. The molecule has 0 saturated carbocycles. The number of hydrogen-bond acceptors (Lipinski definition) is 4. The number of aliphatic hydroxyl groups is 1. The van der Waals surface area contributed by atoms with Crippen molar-refractivity contribution in [1.29, 1.82) is 0 Å².